The molecule has 4 aromatic rings. The molecule has 3 heterocycles. The molecule has 1 saturated heterocycles. The van der Waals surface area contributed by atoms with Crippen LogP contribution in [0.3, 0.4) is 0 Å². The summed E-state index contributed by atoms with van der Waals surface area (Å²) >= 11 is 0. The molecule has 9 heteroatoms. The van der Waals surface area contributed by atoms with Crippen molar-refractivity contribution in [3.05, 3.63) is 65.9 Å². The average Bonchev–Trinajstić information content (AvgIpc) is 3.16. The lowest BCUT2D eigenvalue weighted by molar-refractivity contribution is -0.123. The predicted octanol–water partition coefficient (Wildman–Crippen LogP) is 4.35. The number of halogens is 2. The van der Waals surface area contributed by atoms with E-state index in [1.807, 2.05) is 12.1 Å². The standard InChI is InChI=1S/C23H19F2N5O2/c24-15-4-1-5-16(25)18(15)20-29-17-11-27-23(32)19(17)21(30-20)28-13-8-6-12(7-9-13)14-3-2-10-26-22(14)31/h1,4-9,11,14,27,32H,2-3,10H2,(H,26,31)(H,28,29,30). The monoisotopic (exact) mass is 435 g/mol. The normalized spacial score (nSPS) is 16.2. The number of carbonyl (C=O) groups is 1. The molecule has 4 N–H and O–H groups in total. The zero-order valence-electron chi connectivity index (χ0n) is 16.8. The molecule has 1 aliphatic heterocycles. The van der Waals surface area contributed by atoms with Crippen LogP contribution in [-0.2, 0) is 4.79 Å². The van der Waals surface area contributed by atoms with Gasteiger partial charge in [-0.05, 0) is 42.7 Å². The quantitative estimate of drug-likeness (QED) is 0.382. The summed E-state index contributed by atoms with van der Waals surface area (Å²) in [4.78, 5) is 23.3. The van der Waals surface area contributed by atoms with Crippen molar-refractivity contribution in [2.24, 2.45) is 0 Å². The molecule has 0 aliphatic carbocycles. The maximum Gasteiger partial charge on any atom is 0.227 e. The van der Waals surface area contributed by atoms with E-state index in [1.165, 1.54) is 12.3 Å². The van der Waals surface area contributed by atoms with E-state index < -0.39 is 11.6 Å². The Balaban J connectivity index is 1.52. The van der Waals surface area contributed by atoms with Crippen molar-refractivity contribution >= 4 is 28.3 Å². The van der Waals surface area contributed by atoms with Crippen molar-refractivity contribution in [2.45, 2.75) is 18.8 Å². The molecule has 2 aromatic carbocycles. The number of benzene rings is 2. The highest BCUT2D eigenvalue weighted by molar-refractivity contribution is 5.96. The van der Waals surface area contributed by atoms with Crippen molar-refractivity contribution in [1.82, 2.24) is 20.3 Å². The molecule has 1 unspecified atom stereocenters. The summed E-state index contributed by atoms with van der Waals surface area (Å²) in [6.45, 7) is 0.698. The number of aromatic hydroxyl groups is 1. The first-order valence-electron chi connectivity index (χ1n) is 10.2. The molecule has 1 fully saturated rings. The zero-order chi connectivity index (χ0) is 22.2. The Morgan fingerprint density at radius 1 is 1.06 bits per heavy atom. The molecule has 7 nitrogen and oxygen atoms in total. The minimum absolute atomic E-state index is 0.0169. The van der Waals surface area contributed by atoms with Crippen LogP contribution in [0.4, 0.5) is 20.3 Å². The highest BCUT2D eigenvalue weighted by Gasteiger charge is 2.24. The molecule has 0 radical (unpaired) electrons. The van der Waals surface area contributed by atoms with Gasteiger partial charge >= 0.3 is 0 Å². The fraction of sp³-hybridized carbons (Fsp3) is 0.174. The van der Waals surface area contributed by atoms with Crippen LogP contribution in [0.15, 0.2) is 48.7 Å². The van der Waals surface area contributed by atoms with Crippen LogP contribution >= 0.6 is 0 Å². The summed E-state index contributed by atoms with van der Waals surface area (Å²) in [7, 11) is 0. The lowest BCUT2D eigenvalue weighted by Gasteiger charge is -2.22. The summed E-state index contributed by atoms with van der Waals surface area (Å²) in [6, 6.07) is 10.8. The van der Waals surface area contributed by atoms with Crippen LogP contribution in [0.1, 0.15) is 24.3 Å². The number of hydrogen-bond donors (Lipinski definition) is 4. The molecule has 32 heavy (non-hydrogen) atoms. The van der Waals surface area contributed by atoms with Crippen LogP contribution in [0.5, 0.6) is 5.88 Å². The minimum atomic E-state index is -0.787. The van der Waals surface area contributed by atoms with E-state index in [2.05, 4.69) is 25.6 Å². The minimum Gasteiger partial charge on any atom is -0.494 e. The number of fused-ring (bicyclic) bond motifs is 1. The largest absolute Gasteiger partial charge is 0.494 e. The Kier molecular flexibility index (Phi) is 4.93. The van der Waals surface area contributed by atoms with Crippen LogP contribution in [0.2, 0.25) is 0 Å². The second-order valence-corrected chi connectivity index (χ2v) is 7.62. The first-order chi connectivity index (χ1) is 15.5. The molecule has 162 valence electrons. The van der Waals surface area contributed by atoms with E-state index in [-0.39, 0.29) is 34.9 Å². The maximum absolute atomic E-state index is 14.3. The number of nitrogens with zero attached hydrogens (tertiary/aromatic N) is 2. The van der Waals surface area contributed by atoms with Crippen molar-refractivity contribution in [1.29, 1.82) is 0 Å². The van der Waals surface area contributed by atoms with Gasteiger partial charge in [-0.15, -0.1) is 0 Å². The number of H-pyrrole nitrogens is 1. The van der Waals surface area contributed by atoms with Gasteiger partial charge in [-0.2, -0.15) is 0 Å². The van der Waals surface area contributed by atoms with Crippen LogP contribution in [-0.4, -0.2) is 32.5 Å². The van der Waals surface area contributed by atoms with Gasteiger partial charge in [-0.3, -0.25) is 4.79 Å². The third-order valence-corrected chi connectivity index (χ3v) is 5.57. The Morgan fingerprint density at radius 3 is 2.53 bits per heavy atom. The third kappa shape index (κ3) is 3.51. The highest BCUT2D eigenvalue weighted by Crippen LogP contribution is 2.34. The number of piperidine rings is 1. The number of rotatable bonds is 4. The van der Waals surface area contributed by atoms with Gasteiger partial charge < -0.3 is 20.7 Å². The first kappa shape index (κ1) is 19.9. The van der Waals surface area contributed by atoms with Crippen molar-refractivity contribution in [3.8, 4) is 17.3 Å². The van der Waals surface area contributed by atoms with Crippen LogP contribution in [0.25, 0.3) is 22.3 Å². The topological polar surface area (TPSA) is 103 Å². The number of hydrogen-bond acceptors (Lipinski definition) is 5. The zero-order valence-corrected chi connectivity index (χ0v) is 16.8. The molecule has 1 atom stereocenters. The number of amides is 1. The molecule has 2 aromatic heterocycles. The summed E-state index contributed by atoms with van der Waals surface area (Å²) in [5.74, 6) is -1.87. The Labute approximate surface area is 181 Å². The van der Waals surface area contributed by atoms with Gasteiger partial charge in [0.15, 0.2) is 5.82 Å². The number of aromatic nitrogens is 3. The first-order valence-corrected chi connectivity index (χ1v) is 10.2. The van der Waals surface area contributed by atoms with E-state index in [1.54, 1.807) is 12.1 Å². The van der Waals surface area contributed by atoms with Gasteiger partial charge in [0.25, 0.3) is 0 Å². The molecule has 5 rings (SSSR count). The van der Waals surface area contributed by atoms with Gasteiger partial charge in [0.1, 0.15) is 22.8 Å². The molecule has 0 spiro atoms. The Morgan fingerprint density at radius 2 is 1.81 bits per heavy atom. The lowest BCUT2D eigenvalue weighted by atomic mass is 9.91. The van der Waals surface area contributed by atoms with Crippen molar-refractivity contribution in [2.75, 3.05) is 11.9 Å². The second-order valence-electron chi connectivity index (χ2n) is 7.62. The lowest BCUT2D eigenvalue weighted by Crippen LogP contribution is -2.34. The van der Waals surface area contributed by atoms with E-state index in [0.29, 0.717) is 23.1 Å². The predicted molar refractivity (Wildman–Crippen MR) is 116 cm³/mol. The van der Waals surface area contributed by atoms with E-state index in [0.717, 1.165) is 30.5 Å². The molecule has 1 amide bonds. The van der Waals surface area contributed by atoms with E-state index in [9.17, 15) is 18.7 Å². The van der Waals surface area contributed by atoms with Crippen LogP contribution < -0.4 is 10.6 Å². The Bertz CT molecular complexity index is 1300. The molecule has 0 saturated carbocycles. The second kappa shape index (κ2) is 7.92. The number of anilines is 2. The number of carbonyl (C=O) groups excluding carboxylic acids is 1. The Hall–Kier alpha value is -4.01. The fourth-order valence-electron chi connectivity index (χ4n) is 3.96. The van der Waals surface area contributed by atoms with Crippen molar-refractivity contribution < 1.29 is 18.7 Å². The SMILES string of the molecule is O=C1NCCCC1c1ccc(Nc2nc(-c3c(F)cccc3F)nc3c[nH]c(O)c23)cc1. The summed E-state index contributed by atoms with van der Waals surface area (Å²) in [6.07, 6.45) is 3.15. The molecule has 1 aliphatic rings. The molecular weight excluding hydrogens is 416 g/mol. The van der Waals surface area contributed by atoms with Gasteiger partial charge in [0, 0.05) is 18.4 Å². The van der Waals surface area contributed by atoms with Crippen molar-refractivity contribution in [3.63, 3.8) is 0 Å². The summed E-state index contributed by atoms with van der Waals surface area (Å²) in [5, 5.41) is 16.5. The average molecular weight is 435 g/mol. The van der Waals surface area contributed by atoms with Gasteiger partial charge in [0.05, 0.1) is 17.0 Å². The number of nitrogens with one attached hydrogen (secondary N) is 3. The van der Waals surface area contributed by atoms with E-state index >= 15 is 0 Å². The highest BCUT2D eigenvalue weighted by atomic mass is 19.1. The molecule has 0 bridgehead atoms. The van der Waals surface area contributed by atoms with Gasteiger partial charge in [-0.25, -0.2) is 18.7 Å². The van der Waals surface area contributed by atoms with E-state index in [4.69, 9.17) is 0 Å². The molecular formula is C23H19F2N5O2. The van der Waals surface area contributed by atoms with Gasteiger partial charge in [-0.1, -0.05) is 18.2 Å². The third-order valence-electron chi connectivity index (χ3n) is 5.57. The smallest absolute Gasteiger partial charge is 0.227 e. The number of aromatic amines is 1. The van der Waals surface area contributed by atoms with Gasteiger partial charge in [0.2, 0.25) is 11.8 Å². The summed E-state index contributed by atoms with van der Waals surface area (Å²) in [5.41, 5.74) is 1.48. The summed E-state index contributed by atoms with van der Waals surface area (Å²) < 4.78 is 28.6. The van der Waals surface area contributed by atoms with Crippen LogP contribution in [0, 0.1) is 11.6 Å². The maximum atomic E-state index is 14.3. The fourth-order valence-corrected chi connectivity index (χ4v) is 3.96.